The Kier molecular flexibility index (Phi) is 5.43. The molecular weight excluding hydrogens is 425 g/mol. The van der Waals surface area contributed by atoms with Crippen molar-refractivity contribution < 1.29 is 14.7 Å². The Morgan fingerprint density at radius 3 is 2.71 bits per heavy atom. The summed E-state index contributed by atoms with van der Waals surface area (Å²) in [6.45, 7) is 3.98. The van der Waals surface area contributed by atoms with Crippen molar-refractivity contribution in [3.8, 4) is 0 Å². The molecule has 1 N–H and O–H groups in total. The van der Waals surface area contributed by atoms with Crippen LogP contribution in [0.1, 0.15) is 24.2 Å². The van der Waals surface area contributed by atoms with Crippen LogP contribution in [0.2, 0.25) is 5.02 Å². The summed E-state index contributed by atoms with van der Waals surface area (Å²) in [7, 11) is 0. The van der Waals surface area contributed by atoms with E-state index < -0.39 is 12.0 Å². The molecule has 2 rings (SSSR count). The van der Waals surface area contributed by atoms with E-state index in [2.05, 4.69) is 22.6 Å². The van der Waals surface area contributed by atoms with Gasteiger partial charge in [-0.2, -0.15) is 0 Å². The van der Waals surface area contributed by atoms with E-state index in [1.54, 1.807) is 18.2 Å². The number of hydrogen-bond acceptors (Lipinski definition) is 3. The number of carboxylic acids is 1. The second-order valence-electron chi connectivity index (χ2n) is 5.16. The lowest BCUT2D eigenvalue weighted by atomic mass is 10.1. The van der Waals surface area contributed by atoms with Gasteiger partial charge in [-0.25, -0.2) is 4.79 Å². The van der Waals surface area contributed by atoms with Crippen LogP contribution in [-0.4, -0.2) is 39.1 Å². The lowest BCUT2D eigenvalue weighted by molar-refractivity contribution is -0.141. The second kappa shape index (κ2) is 6.75. The molecule has 114 valence electrons. The number of halogens is 2. The molecule has 1 fully saturated rings. The summed E-state index contributed by atoms with van der Waals surface area (Å²) in [5.74, 6) is -0.629. The average molecular weight is 440 g/mol. The fourth-order valence-electron chi connectivity index (χ4n) is 2.29. The van der Waals surface area contributed by atoms with Crippen molar-refractivity contribution in [1.82, 2.24) is 4.90 Å². The monoisotopic (exact) mass is 439 g/mol. The van der Waals surface area contributed by atoms with Crippen LogP contribution in [0, 0.1) is 9.49 Å². The van der Waals surface area contributed by atoms with Gasteiger partial charge in [-0.1, -0.05) is 25.4 Å². The van der Waals surface area contributed by atoms with E-state index in [-0.39, 0.29) is 17.2 Å². The van der Waals surface area contributed by atoms with E-state index >= 15 is 0 Å². The molecule has 0 aromatic heterocycles. The van der Waals surface area contributed by atoms with Gasteiger partial charge in [-0.15, -0.1) is 11.8 Å². The zero-order valence-electron chi connectivity index (χ0n) is 11.5. The third-order valence-corrected chi connectivity index (χ3v) is 6.08. The van der Waals surface area contributed by atoms with Crippen LogP contribution in [0.15, 0.2) is 18.2 Å². The van der Waals surface area contributed by atoms with Crippen molar-refractivity contribution in [2.75, 3.05) is 5.75 Å². The van der Waals surface area contributed by atoms with Crippen molar-refractivity contribution in [3.05, 3.63) is 32.4 Å². The van der Waals surface area contributed by atoms with Crippen LogP contribution in [0.25, 0.3) is 0 Å². The molecule has 7 heteroatoms. The Morgan fingerprint density at radius 1 is 1.48 bits per heavy atom. The average Bonchev–Trinajstić information content (AvgIpc) is 2.85. The molecule has 1 aromatic rings. The van der Waals surface area contributed by atoms with Crippen LogP contribution in [0.3, 0.4) is 0 Å². The number of carbonyl (C=O) groups excluding carboxylic acids is 1. The highest BCUT2D eigenvalue weighted by molar-refractivity contribution is 14.1. The standard InChI is InChI=1S/C14H15ClINO3S/c1-7(2)13-17(11(6-21-13)14(19)20)12(18)9-5-8(15)3-4-10(9)16/h3-5,7,11,13H,6H2,1-2H3,(H,19,20). The minimum absolute atomic E-state index is 0.131. The number of nitrogens with zero attached hydrogens (tertiary/aromatic N) is 1. The minimum Gasteiger partial charge on any atom is -0.480 e. The molecule has 0 aliphatic carbocycles. The molecule has 1 aliphatic rings. The molecule has 1 aromatic carbocycles. The molecule has 1 aliphatic heterocycles. The molecule has 1 amide bonds. The van der Waals surface area contributed by atoms with Crippen molar-refractivity contribution >= 4 is 57.8 Å². The molecule has 0 saturated carbocycles. The van der Waals surface area contributed by atoms with Gasteiger partial charge in [-0.05, 0) is 46.7 Å². The van der Waals surface area contributed by atoms with Crippen LogP contribution >= 0.6 is 46.0 Å². The van der Waals surface area contributed by atoms with Gasteiger partial charge in [0.05, 0.1) is 10.9 Å². The van der Waals surface area contributed by atoms with E-state index in [0.29, 0.717) is 16.3 Å². The number of carbonyl (C=O) groups is 2. The number of rotatable bonds is 3. The maximum atomic E-state index is 12.8. The van der Waals surface area contributed by atoms with Crippen LogP contribution in [0.5, 0.6) is 0 Å². The Morgan fingerprint density at radius 2 is 2.14 bits per heavy atom. The van der Waals surface area contributed by atoms with Gasteiger partial charge < -0.3 is 10.0 Å². The number of hydrogen-bond donors (Lipinski definition) is 1. The number of benzene rings is 1. The van der Waals surface area contributed by atoms with E-state index in [4.69, 9.17) is 11.6 Å². The fourth-order valence-corrected chi connectivity index (χ4v) is 4.50. The number of thioether (sulfide) groups is 1. The first-order valence-electron chi connectivity index (χ1n) is 6.45. The lowest BCUT2D eigenvalue weighted by Gasteiger charge is -2.30. The third kappa shape index (κ3) is 3.48. The lowest BCUT2D eigenvalue weighted by Crippen LogP contribution is -2.47. The first kappa shape index (κ1) is 16.9. The molecule has 0 radical (unpaired) electrons. The molecule has 1 saturated heterocycles. The topological polar surface area (TPSA) is 57.6 Å². The van der Waals surface area contributed by atoms with E-state index in [0.717, 1.165) is 3.57 Å². The summed E-state index contributed by atoms with van der Waals surface area (Å²) in [5, 5.41) is 9.71. The van der Waals surface area contributed by atoms with Gasteiger partial charge in [-0.3, -0.25) is 4.79 Å². The Hall–Kier alpha value is -0.470. The first-order valence-corrected chi connectivity index (χ1v) is 8.95. The van der Waals surface area contributed by atoms with Crippen molar-refractivity contribution in [1.29, 1.82) is 0 Å². The number of amides is 1. The van der Waals surface area contributed by atoms with Crippen LogP contribution < -0.4 is 0 Å². The van der Waals surface area contributed by atoms with Gasteiger partial charge in [0.1, 0.15) is 6.04 Å². The molecule has 2 unspecified atom stereocenters. The van der Waals surface area contributed by atoms with E-state index in [9.17, 15) is 14.7 Å². The van der Waals surface area contributed by atoms with Gasteiger partial charge >= 0.3 is 5.97 Å². The largest absolute Gasteiger partial charge is 0.480 e. The van der Waals surface area contributed by atoms with E-state index in [1.807, 2.05) is 13.8 Å². The summed E-state index contributed by atoms with van der Waals surface area (Å²) < 4.78 is 0.769. The number of carboxylic acid groups (broad SMARTS) is 1. The zero-order valence-corrected chi connectivity index (χ0v) is 15.3. The summed E-state index contributed by atoms with van der Waals surface area (Å²) >= 11 is 9.55. The summed E-state index contributed by atoms with van der Waals surface area (Å²) in [5.41, 5.74) is 0.461. The van der Waals surface area contributed by atoms with Gasteiger partial charge in [0, 0.05) is 14.3 Å². The molecule has 21 heavy (non-hydrogen) atoms. The quantitative estimate of drug-likeness (QED) is 0.732. The van der Waals surface area contributed by atoms with E-state index in [1.165, 1.54) is 16.7 Å². The molecule has 1 heterocycles. The van der Waals surface area contributed by atoms with Crippen molar-refractivity contribution in [2.24, 2.45) is 5.92 Å². The zero-order chi connectivity index (χ0) is 15.7. The first-order chi connectivity index (χ1) is 9.82. The van der Waals surface area contributed by atoms with Crippen molar-refractivity contribution in [2.45, 2.75) is 25.3 Å². The highest BCUT2D eigenvalue weighted by Crippen LogP contribution is 2.36. The van der Waals surface area contributed by atoms with Crippen LogP contribution in [0.4, 0.5) is 0 Å². The number of aliphatic carboxylic acids is 1. The Labute approximate surface area is 146 Å². The molecule has 4 nitrogen and oxygen atoms in total. The summed E-state index contributed by atoms with van der Waals surface area (Å²) in [6.07, 6.45) is 0. The third-order valence-electron chi connectivity index (χ3n) is 3.28. The second-order valence-corrected chi connectivity index (χ2v) is 7.91. The maximum Gasteiger partial charge on any atom is 0.327 e. The maximum absolute atomic E-state index is 12.8. The Bertz CT molecular complexity index is 581. The van der Waals surface area contributed by atoms with Gasteiger partial charge in [0.25, 0.3) is 5.91 Å². The molecular formula is C14H15ClINO3S. The smallest absolute Gasteiger partial charge is 0.327 e. The predicted molar refractivity (Wildman–Crippen MR) is 92.8 cm³/mol. The highest BCUT2D eigenvalue weighted by Gasteiger charge is 2.43. The summed E-state index contributed by atoms with van der Waals surface area (Å²) in [6, 6.07) is 4.29. The normalized spacial score (nSPS) is 21.9. The predicted octanol–water partition coefficient (Wildman–Crippen LogP) is 3.57. The SMILES string of the molecule is CC(C)C1SCC(C(=O)O)N1C(=O)c1cc(Cl)ccc1I. The minimum atomic E-state index is -0.962. The molecule has 0 bridgehead atoms. The van der Waals surface area contributed by atoms with Crippen LogP contribution in [-0.2, 0) is 4.79 Å². The molecule has 2 atom stereocenters. The summed E-state index contributed by atoms with van der Waals surface area (Å²) in [4.78, 5) is 25.8. The molecule has 0 spiro atoms. The van der Waals surface area contributed by atoms with Gasteiger partial charge in [0.2, 0.25) is 0 Å². The van der Waals surface area contributed by atoms with Gasteiger partial charge in [0.15, 0.2) is 0 Å². The van der Waals surface area contributed by atoms with Crippen molar-refractivity contribution in [3.63, 3.8) is 0 Å². The fraction of sp³-hybridized carbons (Fsp3) is 0.429. The highest BCUT2D eigenvalue weighted by atomic mass is 127. The Balaban J connectivity index is 2.41.